The van der Waals surface area contributed by atoms with Crippen LogP contribution in [-0.4, -0.2) is 4.98 Å². The second-order valence-electron chi connectivity index (χ2n) is 3.99. The van der Waals surface area contributed by atoms with Gasteiger partial charge in [-0.15, -0.1) is 0 Å². The molecule has 2 N–H and O–H groups in total. The summed E-state index contributed by atoms with van der Waals surface area (Å²) in [6, 6.07) is 7.55. The van der Waals surface area contributed by atoms with Crippen LogP contribution < -0.4 is 5.73 Å². The molecule has 2 aromatic carbocycles. The molecule has 0 bridgehead atoms. The van der Waals surface area contributed by atoms with E-state index < -0.39 is 5.82 Å². The SMILES string of the molecule is Nc1cc(Br)cc2nc(-c3ccc(F)cc3Cl)oc12. The fourth-order valence-corrected chi connectivity index (χ4v) is 2.51. The van der Waals surface area contributed by atoms with Gasteiger partial charge < -0.3 is 10.2 Å². The summed E-state index contributed by atoms with van der Waals surface area (Å²) in [5.74, 6) is -0.100. The lowest BCUT2D eigenvalue weighted by molar-refractivity contribution is 0.617. The van der Waals surface area contributed by atoms with Gasteiger partial charge in [0.2, 0.25) is 5.89 Å². The Hall–Kier alpha value is -1.59. The number of aromatic nitrogens is 1. The van der Waals surface area contributed by atoms with Gasteiger partial charge in [0.1, 0.15) is 11.3 Å². The molecular formula is C13H7BrClFN2O. The van der Waals surface area contributed by atoms with Crippen molar-refractivity contribution in [2.75, 3.05) is 5.73 Å². The van der Waals surface area contributed by atoms with Crippen molar-refractivity contribution < 1.29 is 8.81 Å². The summed E-state index contributed by atoms with van der Waals surface area (Å²) in [7, 11) is 0. The minimum atomic E-state index is -0.410. The van der Waals surface area contributed by atoms with Crippen LogP contribution in [0, 0.1) is 5.82 Å². The van der Waals surface area contributed by atoms with Crippen molar-refractivity contribution in [2.24, 2.45) is 0 Å². The van der Waals surface area contributed by atoms with Crippen molar-refractivity contribution in [1.82, 2.24) is 4.98 Å². The topological polar surface area (TPSA) is 52.0 Å². The first kappa shape index (κ1) is 12.4. The first-order valence-electron chi connectivity index (χ1n) is 5.35. The van der Waals surface area contributed by atoms with Crippen LogP contribution >= 0.6 is 27.5 Å². The third-order valence-electron chi connectivity index (χ3n) is 2.65. The Morgan fingerprint density at radius 1 is 1.26 bits per heavy atom. The van der Waals surface area contributed by atoms with E-state index in [4.69, 9.17) is 21.8 Å². The number of nitrogen functional groups attached to an aromatic ring is 1. The van der Waals surface area contributed by atoms with Gasteiger partial charge in [0.25, 0.3) is 0 Å². The third-order valence-corrected chi connectivity index (χ3v) is 3.42. The maximum Gasteiger partial charge on any atom is 0.228 e. The molecule has 0 saturated carbocycles. The van der Waals surface area contributed by atoms with E-state index in [1.165, 1.54) is 18.2 Å². The first-order valence-corrected chi connectivity index (χ1v) is 6.52. The van der Waals surface area contributed by atoms with Gasteiger partial charge in [0.15, 0.2) is 5.58 Å². The summed E-state index contributed by atoms with van der Waals surface area (Å²) in [6.45, 7) is 0. The van der Waals surface area contributed by atoms with E-state index >= 15 is 0 Å². The van der Waals surface area contributed by atoms with Crippen LogP contribution in [0.3, 0.4) is 0 Å². The van der Waals surface area contributed by atoms with E-state index in [1.807, 2.05) is 0 Å². The van der Waals surface area contributed by atoms with Gasteiger partial charge in [-0.25, -0.2) is 9.37 Å². The fourth-order valence-electron chi connectivity index (χ4n) is 1.80. The monoisotopic (exact) mass is 340 g/mol. The lowest BCUT2D eigenvalue weighted by Gasteiger charge is -1.98. The van der Waals surface area contributed by atoms with Crippen LogP contribution in [0.25, 0.3) is 22.6 Å². The summed E-state index contributed by atoms with van der Waals surface area (Å²) in [6.07, 6.45) is 0. The molecule has 96 valence electrons. The lowest BCUT2D eigenvalue weighted by Crippen LogP contribution is -1.84. The van der Waals surface area contributed by atoms with E-state index in [1.54, 1.807) is 12.1 Å². The van der Waals surface area contributed by atoms with Gasteiger partial charge in [0.05, 0.1) is 16.3 Å². The number of hydrogen-bond acceptors (Lipinski definition) is 3. The standard InChI is InChI=1S/C13H7BrClFN2O/c14-6-3-10(17)12-11(4-6)18-13(19-12)8-2-1-7(16)5-9(8)15/h1-5H,17H2. The molecular weight excluding hydrogens is 335 g/mol. The van der Waals surface area contributed by atoms with Crippen LogP contribution in [0.2, 0.25) is 5.02 Å². The van der Waals surface area contributed by atoms with Gasteiger partial charge >= 0.3 is 0 Å². The number of nitrogens with zero attached hydrogens (tertiary/aromatic N) is 1. The second kappa shape index (κ2) is 4.51. The zero-order valence-electron chi connectivity index (χ0n) is 9.45. The Morgan fingerprint density at radius 3 is 2.79 bits per heavy atom. The number of benzene rings is 2. The summed E-state index contributed by atoms with van der Waals surface area (Å²) < 4.78 is 19.4. The Kier molecular flexibility index (Phi) is 2.95. The van der Waals surface area contributed by atoms with Crippen LogP contribution in [-0.2, 0) is 0 Å². The molecule has 0 unspecified atom stereocenters. The molecule has 6 heteroatoms. The molecule has 0 amide bonds. The minimum absolute atomic E-state index is 0.240. The lowest BCUT2D eigenvalue weighted by atomic mass is 10.2. The van der Waals surface area contributed by atoms with Crippen molar-refractivity contribution in [2.45, 2.75) is 0 Å². The predicted molar refractivity (Wildman–Crippen MR) is 76.5 cm³/mol. The molecule has 3 nitrogen and oxygen atoms in total. The molecule has 1 aromatic heterocycles. The normalized spacial score (nSPS) is 11.1. The summed E-state index contributed by atoms with van der Waals surface area (Å²) in [5.41, 5.74) is 7.95. The number of halogens is 3. The average molecular weight is 342 g/mol. The molecule has 3 aromatic rings. The number of hydrogen-bond donors (Lipinski definition) is 1. The molecule has 0 aliphatic heterocycles. The Labute approximate surface area is 121 Å². The van der Waals surface area contributed by atoms with E-state index in [0.29, 0.717) is 28.2 Å². The van der Waals surface area contributed by atoms with Gasteiger partial charge in [-0.3, -0.25) is 0 Å². The maximum absolute atomic E-state index is 13.0. The van der Waals surface area contributed by atoms with Crippen LogP contribution in [0.1, 0.15) is 0 Å². The van der Waals surface area contributed by atoms with Gasteiger partial charge in [-0.05, 0) is 30.3 Å². The Morgan fingerprint density at radius 2 is 2.05 bits per heavy atom. The zero-order chi connectivity index (χ0) is 13.6. The second-order valence-corrected chi connectivity index (χ2v) is 5.31. The molecule has 19 heavy (non-hydrogen) atoms. The van der Waals surface area contributed by atoms with Crippen molar-refractivity contribution in [3.05, 3.63) is 45.6 Å². The zero-order valence-corrected chi connectivity index (χ0v) is 11.8. The number of oxazole rings is 1. The van der Waals surface area contributed by atoms with E-state index in [2.05, 4.69) is 20.9 Å². The third kappa shape index (κ3) is 2.19. The summed E-state index contributed by atoms with van der Waals surface area (Å²) >= 11 is 9.32. The van der Waals surface area contributed by atoms with Crippen molar-refractivity contribution >= 4 is 44.3 Å². The smallest absolute Gasteiger partial charge is 0.228 e. The summed E-state index contributed by atoms with van der Waals surface area (Å²) in [4.78, 5) is 4.31. The van der Waals surface area contributed by atoms with Crippen LogP contribution in [0.15, 0.2) is 39.2 Å². The quantitative estimate of drug-likeness (QED) is 0.656. The Balaban J connectivity index is 2.23. The van der Waals surface area contributed by atoms with E-state index in [-0.39, 0.29) is 5.02 Å². The number of fused-ring (bicyclic) bond motifs is 1. The number of anilines is 1. The van der Waals surface area contributed by atoms with Crippen molar-refractivity contribution in [3.8, 4) is 11.5 Å². The first-order chi connectivity index (χ1) is 9.04. The molecule has 0 aliphatic carbocycles. The van der Waals surface area contributed by atoms with Crippen molar-refractivity contribution in [1.29, 1.82) is 0 Å². The average Bonchev–Trinajstić information content (AvgIpc) is 2.72. The molecule has 0 spiro atoms. The molecule has 0 fully saturated rings. The van der Waals surface area contributed by atoms with Crippen LogP contribution in [0.5, 0.6) is 0 Å². The summed E-state index contributed by atoms with van der Waals surface area (Å²) in [5, 5.41) is 0.240. The van der Waals surface area contributed by atoms with E-state index in [0.717, 1.165) is 4.47 Å². The predicted octanol–water partition coefficient (Wildman–Crippen LogP) is 4.63. The molecule has 1 heterocycles. The molecule has 0 atom stereocenters. The van der Waals surface area contributed by atoms with Crippen LogP contribution in [0.4, 0.5) is 10.1 Å². The molecule has 0 aliphatic rings. The number of nitrogens with two attached hydrogens (primary N) is 1. The van der Waals surface area contributed by atoms with Gasteiger partial charge in [-0.1, -0.05) is 27.5 Å². The highest BCUT2D eigenvalue weighted by Gasteiger charge is 2.14. The molecule has 3 rings (SSSR count). The molecule has 0 saturated heterocycles. The highest BCUT2D eigenvalue weighted by Crippen LogP contribution is 2.33. The Bertz CT molecular complexity index is 788. The van der Waals surface area contributed by atoms with E-state index in [9.17, 15) is 4.39 Å². The van der Waals surface area contributed by atoms with Crippen molar-refractivity contribution in [3.63, 3.8) is 0 Å². The highest BCUT2D eigenvalue weighted by molar-refractivity contribution is 9.10. The molecule has 0 radical (unpaired) electrons. The minimum Gasteiger partial charge on any atom is -0.434 e. The maximum atomic E-state index is 13.0. The largest absolute Gasteiger partial charge is 0.434 e. The van der Waals surface area contributed by atoms with Gasteiger partial charge in [0, 0.05) is 4.47 Å². The number of rotatable bonds is 1. The fraction of sp³-hybridized carbons (Fsp3) is 0. The van der Waals surface area contributed by atoms with Gasteiger partial charge in [-0.2, -0.15) is 0 Å². The highest BCUT2D eigenvalue weighted by atomic mass is 79.9.